The lowest BCUT2D eigenvalue weighted by Crippen LogP contribution is -2.31. The predicted molar refractivity (Wildman–Crippen MR) is 72.2 cm³/mol. The number of halogens is 1. The molecule has 0 aromatic carbocycles. The van der Waals surface area contributed by atoms with Crippen molar-refractivity contribution in [3.8, 4) is 0 Å². The summed E-state index contributed by atoms with van der Waals surface area (Å²) < 4.78 is 5.79. The summed E-state index contributed by atoms with van der Waals surface area (Å²) in [5.41, 5.74) is 0.504. The van der Waals surface area contributed by atoms with Crippen molar-refractivity contribution in [1.29, 1.82) is 0 Å². The zero-order valence-corrected chi connectivity index (χ0v) is 12.2. The predicted octanol–water partition coefficient (Wildman–Crippen LogP) is 0.636. The lowest BCUT2D eigenvalue weighted by molar-refractivity contribution is -0.140. The SMILES string of the molecule is CCN(C)c1cnn(CC(Br)C(=O)OC)c(=O)c1. The first-order valence-electron chi connectivity index (χ1n) is 5.49. The van der Waals surface area contributed by atoms with Crippen LogP contribution >= 0.6 is 15.9 Å². The number of rotatable bonds is 5. The molecule has 0 spiro atoms. The first-order valence-corrected chi connectivity index (χ1v) is 6.41. The molecule has 18 heavy (non-hydrogen) atoms. The lowest BCUT2D eigenvalue weighted by atomic mass is 10.4. The van der Waals surface area contributed by atoms with Gasteiger partial charge in [0.25, 0.3) is 5.56 Å². The van der Waals surface area contributed by atoms with Gasteiger partial charge in [0.2, 0.25) is 0 Å². The van der Waals surface area contributed by atoms with E-state index in [1.54, 1.807) is 6.20 Å². The van der Waals surface area contributed by atoms with Crippen LogP contribution in [0.15, 0.2) is 17.1 Å². The molecule has 0 aliphatic carbocycles. The molecule has 0 amide bonds. The topological polar surface area (TPSA) is 64.4 Å². The van der Waals surface area contributed by atoms with Gasteiger partial charge in [-0.1, -0.05) is 15.9 Å². The normalized spacial score (nSPS) is 12.0. The quantitative estimate of drug-likeness (QED) is 0.589. The molecule has 1 heterocycles. The number of ether oxygens (including phenoxy) is 1. The number of alkyl halides is 1. The van der Waals surface area contributed by atoms with Crippen LogP contribution in [0.3, 0.4) is 0 Å². The molecule has 6 nitrogen and oxygen atoms in total. The number of anilines is 1. The first kappa shape index (κ1) is 14.7. The van der Waals surface area contributed by atoms with Crippen molar-refractivity contribution in [3.05, 3.63) is 22.6 Å². The van der Waals surface area contributed by atoms with Crippen LogP contribution in [0.4, 0.5) is 5.69 Å². The first-order chi connectivity index (χ1) is 8.49. The minimum atomic E-state index is -0.581. The fraction of sp³-hybridized carbons (Fsp3) is 0.545. The summed E-state index contributed by atoms with van der Waals surface area (Å²) in [4.78, 5) is 24.4. The summed E-state index contributed by atoms with van der Waals surface area (Å²) in [7, 11) is 3.18. The van der Waals surface area contributed by atoms with Gasteiger partial charge in [-0.05, 0) is 6.92 Å². The van der Waals surface area contributed by atoms with E-state index in [0.29, 0.717) is 0 Å². The van der Waals surface area contributed by atoms with E-state index in [1.165, 1.54) is 17.9 Å². The van der Waals surface area contributed by atoms with Crippen molar-refractivity contribution in [2.24, 2.45) is 0 Å². The Hall–Kier alpha value is -1.37. The van der Waals surface area contributed by atoms with Crippen molar-refractivity contribution < 1.29 is 9.53 Å². The molecule has 1 atom stereocenters. The summed E-state index contributed by atoms with van der Waals surface area (Å²) in [5, 5.41) is 4.03. The van der Waals surface area contributed by atoms with Crippen molar-refractivity contribution in [1.82, 2.24) is 9.78 Å². The lowest BCUT2D eigenvalue weighted by Gasteiger charge is -2.16. The number of carbonyl (C=O) groups excluding carboxylic acids is 1. The second-order valence-electron chi connectivity index (χ2n) is 3.74. The van der Waals surface area contributed by atoms with Crippen LogP contribution in [0.25, 0.3) is 0 Å². The fourth-order valence-corrected chi connectivity index (χ4v) is 1.77. The van der Waals surface area contributed by atoms with Gasteiger partial charge in [-0.25, -0.2) is 4.68 Å². The number of aromatic nitrogens is 2. The summed E-state index contributed by atoms with van der Waals surface area (Å²) in [6, 6.07) is 1.49. The Morgan fingerprint density at radius 2 is 2.33 bits per heavy atom. The smallest absolute Gasteiger partial charge is 0.321 e. The zero-order chi connectivity index (χ0) is 13.7. The Balaban J connectivity index is 2.87. The van der Waals surface area contributed by atoms with E-state index in [-0.39, 0.29) is 12.1 Å². The van der Waals surface area contributed by atoms with Gasteiger partial charge in [-0.15, -0.1) is 0 Å². The Morgan fingerprint density at radius 1 is 1.67 bits per heavy atom. The standard InChI is InChI=1S/C11H16BrN3O3/c1-4-14(2)8-5-10(16)15(13-6-8)7-9(12)11(17)18-3/h5-6,9H,4,7H2,1-3H3. The number of carbonyl (C=O) groups is 1. The van der Waals surface area contributed by atoms with E-state index in [9.17, 15) is 9.59 Å². The van der Waals surface area contributed by atoms with Gasteiger partial charge >= 0.3 is 5.97 Å². The van der Waals surface area contributed by atoms with Crippen LogP contribution < -0.4 is 10.5 Å². The molecule has 100 valence electrons. The third kappa shape index (κ3) is 3.56. The molecule has 0 aliphatic rings. The van der Waals surface area contributed by atoms with Crippen molar-refractivity contribution in [2.75, 3.05) is 25.6 Å². The highest BCUT2D eigenvalue weighted by molar-refractivity contribution is 9.10. The van der Waals surface area contributed by atoms with Crippen LogP contribution in [0, 0.1) is 0 Å². The van der Waals surface area contributed by atoms with Gasteiger partial charge < -0.3 is 9.64 Å². The van der Waals surface area contributed by atoms with E-state index >= 15 is 0 Å². The zero-order valence-electron chi connectivity index (χ0n) is 10.6. The summed E-state index contributed by atoms with van der Waals surface area (Å²) in [6.45, 7) is 2.91. The molecule has 7 heteroatoms. The highest BCUT2D eigenvalue weighted by Crippen LogP contribution is 2.07. The molecule has 1 rings (SSSR count). The Bertz CT molecular complexity index is 475. The van der Waals surface area contributed by atoms with Crippen molar-refractivity contribution >= 4 is 27.6 Å². The Kier molecular flexibility index (Phi) is 5.33. The molecular formula is C11H16BrN3O3. The molecule has 0 radical (unpaired) electrons. The summed E-state index contributed by atoms with van der Waals surface area (Å²) in [6.07, 6.45) is 1.60. The average Bonchev–Trinajstić information content (AvgIpc) is 2.38. The van der Waals surface area contributed by atoms with Gasteiger partial charge in [-0.2, -0.15) is 5.10 Å². The van der Waals surface area contributed by atoms with Gasteiger partial charge in [0, 0.05) is 19.7 Å². The Morgan fingerprint density at radius 3 is 2.83 bits per heavy atom. The van der Waals surface area contributed by atoms with E-state index in [0.717, 1.165) is 12.2 Å². The molecule has 0 saturated heterocycles. The van der Waals surface area contributed by atoms with Gasteiger partial charge in [0.1, 0.15) is 4.83 Å². The molecule has 1 unspecified atom stereocenters. The average molecular weight is 318 g/mol. The molecule has 0 aliphatic heterocycles. The van der Waals surface area contributed by atoms with Crippen LogP contribution in [0.1, 0.15) is 6.92 Å². The molecule has 0 bridgehead atoms. The third-order valence-corrected chi connectivity index (χ3v) is 3.22. The van der Waals surface area contributed by atoms with E-state index < -0.39 is 10.8 Å². The largest absolute Gasteiger partial charge is 0.468 e. The number of hydrogen-bond acceptors (Lipinski definition) is 5. The fourth-order valence-electron chi connectivity index (χ4n) is 1.31. The second-order valence-corrected chi connectivity index (χ2v) is 4.84. The van der Waals surface area contributed by atoms with Gasteiger partial charge in [0.15, 0.2) is 0 Å². The minimum absolute atomic E-state index is 0.141. The molecule has 1 aromatic heterocycles. The van der Waals surface area contributed by atoms with Gasteiger partial charge in [0.05, 0.1) is 25.5 Å². The third-order valence-electron chi connectivity index (χ3n) is 2.56. The molecular weight excluding hydrogens is 302 g/mol. The van der Waals surface area contributed by atoms with Crippen LogP contribution in [-0.2, 0) is 16.1 Å². The Labute approximate surface area is 114 Å². The van der Waals surface area contributed by atoms with Crippen LogP contribution in [-0.4, -0.2) is 41.3 Å². The highest BCUT2D eigenvalue weighted by Gasteiger charge is 2.17. The van der Waals surface area contributed by atoms with E-state index in [1.807, 2.05) is 18.9 Å². The van der Waals surface area contributed by atoms with Crippen LogP contribution in [0.5, 0.6) is 0 Å². The molecule has 0 fully saturated rings. The number of hydrogen-bond donors (Lipinski definition) is 0. The van der Waals surface area contributed by atoms with Crippen molar-refractivity contribution in [2.45, 2.75) is 18.3 Å². The van der Waals surface area contributed by atoms with Crippen LogP contribution in [0.2, 0.25) is 0 Å². The minimum Gasteiger partial charge on any atom is -0.468 e. The summed E-state index contributed by atoms with van der Waals surface area (Å²) in [5.74, 6) is -0.432. The highest BCUT2D eigenvalue weighted by atomic mass is 79.9. The van der Waals surface area contributed by atoms with E-state index in [2.05, 4.69) is 25.8 Å². The molecule has 0 N–H and O–H groups in total. The maximum atomic E-state index is 11.8. The molecule has 0 saturated carbocycles. The van der Waals surface area contributed by atoms with E-state index in [4.69, 9.17) is 0 Å². The summed E-state index contributed by atoms with van der Waals surface area (Å²) >= 11 is 3.15. The number of esters is 1. The number of nitrogens with zero attached hydrogens (tertiary/aromatic N) is 3. The maximum absolute atomic E-state index is 11.8. The monoisotopic (exact) mass is 317 g/mol. The van der Waals surface area contributed by atoms with Crippen molar-refractivity contribution in [3.63, 3.8) is 0 Å². The second kappa shape index (κ2) is 6.53. The maximum Gasteiger partial charge on any atom is 0.321 e. The molecule has 1 aromatic rings. The number of methoxy groups -OCH3 is 1. The van der Waals surface area contributed by atoms with Gasteiger partial charge in [-0.3, -0.25) is 9.59 Å².